The second-order valence-electron chi connectivity index (χ2n) is 7.94. The van der Waals surface area contributed by atoms with E-state index in [1.54, 1.807) is 30.1 Å². The smallest absolute Gasteiger partial charge is 0.226 e. The molecule has 4 aromatic heterocycles. The minimum atomic E-state index is 0.0354. The van der Waals surface area contributed by atoms with Crippen molar-refractivity contribution < 1.29 is 9.53 Å². The van der Waals surface area contributed by atoms with E-state index in [0.29, 0.717) is 32.1 Å². The van der Waals surface area contributed by atoms with Crippen LogP contribution in [0.15, 0.2) is 24.8 Å². The number of amides is 1. The third kappa shape index (κ3) is 3.31. The Morgan fingerprint density at radius 1 is 1.23 bits per heavy atom. The van der Waals surface area contributed by atoms with E-state index in [-0.39, 0.29) is 11.8 Å². The van der Waals surface area contributed by atoms with Gasteiger partial charge < -0.3 is 15.0 Å². The second-order valence-corrected chi connectivity index (χ2v) is 9.02. The van der Waals surface area contributed by atoms with Gasteiger partial charge in [-0.15, -0.1) is 11.3 Å². The van der Waals surface area contributed by atoms with E-state index >= 15 is 0 Å². The summed E-state index contributed by atoms with van der Waals surface area (Å²) in [6, 6.07) is 1.95. The van der Waals surface area contributed by atoms with Crippen LogP contribution >= 0.6 is 11.3 Å². The molecule has 158 valence electrons. The van der Waals surface area contributed by atoms with Gasteiger partial charge in [-0.25, -0.2) is 15.0 Å². The molecule has 1 atom stereocenters. The van der Waals surface area contributed by atoms with Crippen molar-refractivity contribution in [2.24, 2.45) is 5.92 Å². The first kappa shape index (κ1) is 18.6. The van der Waals surface area contributed by atoms with Gasteiger partial charge in [0.2, 0.25) is 5.91 Å². The molecule has 4 aromatic rings. The number of pyridine rings is 1. The van der Waals surface area contributed by atoms with Gasteiger partial charge in [0.25, 0.3) is 0 Å². The molecule has 9 nitrogen and oxygen atoms in total. The Morgan fingerprint density at radius 3 is 3.03 bits per heavy atom. The lowest BCUT2D eigenvalue weighted by Crippen LogP contribution is -2.44. The number of carbonyl (C=O) groups excluding carboxylic acids is 1. The number of hydrogen-bond donors (Lipinski definition) is 2. The van der Waals surface area contributed by atoms with Gasteiger partial charge in [-0.05, 0) is 30.9 Å². The summed E-state index contributed by atoms with van der Waals surface area (Å²) in [6.07, 6.45) is 7.59. The Balaban J connectivity index is 1.30. The third-order valence-electron chi connectivity index (χ3n) is 6.09. The zero-order valence-electron chi connectivity index (χ0n) is 16.8. The first-order valence-electron chi connectivity index (χ1n) is 10.4. The van der Waals surface area contributed by atoms with Gasteiger partial charge in [-0.2, -0.15) is 5.10 Å². The van der Waals surface area contributed by atoms with Crippen LogP contribution in [0.3, 0.4) is 0 Å². The zero-order valence-corrected chi connectivity index (χ0v) is 17.6. The Morgan fingerprint density at radius 2 is 2.13 bits per heavy atom. The summed E-state index contributed by atoms with van der Waals surface area (Å²) in [4.78, 5) is 30.6. The molecule has 1 saturated heterocycles. The van der Waals surface area contributed by atoms with Gasteiger partial charge in [0.05, 0.1) is 36.5 Å². The van der Waals surface area contributed by atoms with E-state index < -0.39 is 0 Å². The van der Waals surface area contributed by atoms with Crippen molar-refractivity contribution in [3.05, 3.63) is 35.2 Å². The molecule has 10 heteroatoms. The maximum Gasteiger partial charge on any atom is 0.226 e. The average molecular weight is 436 g/mol. The zero-order chi connectivity index (χ0) is 20.8. The molecule has 2 N–H and O–H groups in total. The summed E-state index contributed by atoms with van der Waals surface area (Å²) >= 11 is 1.67. The number of nitrogens with zero attached hydrogens (tertiary/aromatic N) is 5. The van der Waals surface area contributed by atoms with Crippen molar-refractivity contribution in [2.45, 2.75) is 19.3 Å². The van der Waals surface area contributed by atoms with Gasteiger partial charge in [-0.3, -0.25) is 9.89 Å². The molecular weight excluding hydrogens is 414 g/mol. The highest BCUT2D eigenvalue weighted by Crippen LogP contribution is 2.40. The number of fused-ring (bicyclic) bond motifs is 4. The molecule has 0 spiro atoms. The number of carbonyl (C=O) groups is 1. The third-order valence-corrected chi connectivity index (χ3v) is 7.25. The number of hydrogen-bond acceptors (Lipinski definition) is 8. The average Bonchev–Trinajstić information content (AvgIpc) is 3.43. The predicted octanol–water partition coefficient (Wildman–Crippen LogP) is 2.67. The van der Waals surface area contributed by atoms with Crippen molar-refractivity contribution in [3.8, 4) is 0 Å². The summed E-state index contributed by atoms with van der Waals surface area (Å²) in [5.41, 5.74) is 2.15. The molecule has 1 aliphatic heterocycles. The maximum atomic E-state index is 13.0. The first-order chi connectivity index (χ1) is 15.3. The number of H-pyrrole nitrogens is 1. The second kappa shape index (κ2) is 7.54. The lowest BCUT2D eigenvalue weighted by atomic mass is 9.86. The molecule has 0 radical (unpaired) electrons. The van der Waals surface area contributed by atoms with Crippen molar-refractivity contribution in [1.29, 1.82) is 0 Å². The van der Waals surface area contributed by atoms with Crippen LogP contribution in [0.4, 0.5) is 11.6 Å². The lowest BCUT2D eigenvalue weighted by molar-refractivity contribution is -0.140. The number of anilines is 2. The number of rotatable bonds is 3. The van der Waals surface area contributed by atoms with Crippen molar-refractivity contribution >= 4 is 50.0 Å². The van der Waals surface area contributed by atoms with Crippen molar-refractivity contribution in [1.82, 2.24) is 30.0 Å². The van der Waals surface area contributed by atoms with E-state index in [0.717, 1.165) is 46.2 Å². The fourth-order valence-electron chi connectivity index (χ4n) is 4.49. The Hall–Kier alpha value is -3.11. The van der Waals surface area contributed by atoms with Crippen molar-refractivity contribution in [3.63, 3.8) is 0 Å². The van der Waals surface area contributed by atoms with E-state index in [9.17, 15) is 4.79 Å². The Kier molecular flexibility index (Phi) is 4.53. The lowest BCUT2D eigenvalue weighted by Gasteiger charge is -2.31. The number of aryl methyl sites for hydroxylation is 1. The number of ether oxygens (including phenoxy) is 1. The molecule has 1 amide bonds. The van der Waals surface area contributed by atoms with Crippen LogP contribution in [0.2, 0.25) is 0 Å². The van der Waals surface area contributed by atoms with Crippen LogP contribution in [0.5, 0.6) is 0 Å². The van der Waals surface area contributed by atoms with E-state index in [1.807, 2.05) is 11.0 Å². The summed E-state index contributed by atoms with van der Waals surface area (Å²) in [5.74, 6) is 1.77. The number of thiophene rings is 1. The molecule has 0 aromatic carbocycles. The van der Waals surface area contributed by atoms with E-state index in [1.165, 1.54) is 10.4 Å². The molecule has 0 bridgehead atoms. The Bertz CT molecular complexity index is 1280. The van der Waals surface area contributed by atoms with Crippen LogP contribution in [0.1, 0.15) is 16.9 Å². The molecule has 6 rings (SSSR count). The van der Waals surface area contributed by atoms with Gasteiger partial charge in [-0.1, -0.05) is 0 Å². The fraction of sp³-hybridized carbons (Fsp3) is 0.381. The van der Waals surface area contributed by atoms with Crippen LogP contribution in [-0.2, 0) is 22.4 Å². The van der Waals surface area contributed by atoms with E-state index in [2.05, 4.69) is 30.5 Å². The van der Waals surface area contributed by atoms with Crippen molar-refractivity contribution in [2.75, 3.05) is 31.6 Å². The minimum Gasteiger partial charge on any atom is -0.378 e. The molecule has 5 heterocycles. The summed E-state index contributed by atoms with van der Waals surface area (Å²) in [7, 11) is 0. The Labute approximate surface area is 181 Å². The molecule has 1 aliphatic carbocycles. The molecule has 1 fully saturated rings. The monoisotopic (exact) mass is 435 g/mol. The normalized spacial score (nSPS) is 19.0. The molecule has 0 unspecified atom stereocenters. The summed E-state index contributed by atoms with van der Waals surface area (Å²) < 4.78 is 5.39. The quantitative estimate of drug-likeness (QED) is 0.509. The van der Waals surface area contributed by atoms with Crippen LogP contribution in [-0.4, -0.2) is 62.3 Å². The van der Waals surface area contributed by atoms with Crippen LogP contribution < -0.4 is 5.32 Å². The molecular formula is C21H21N7O2S. The minimum absolute atomic E-state index is 0.0354. The van der Waals surface area contributed by atoms with Gasteiger partial charge in [0, 0.05) is 29.3 Å². The van der Waals surface area contributed by atoms with Gasteiger partial charge >= 0.3 is 0 Å². The van der Waals surface area contributed by atoms with Gasteiger partial charge in [0.15, 0.2) is 0 Å². The standard InChI is InChI=1S/C21H21N7O2S/c29-21(28-3-5-30-6-4-28)12-1-2-14-16(7-12)31-20-18(14)19(23-11-24-20)26-17-8-13-9-25-27-15(13)10-22-17/h8-12H,1-7H2,(H,25,27)(H,22,23,24,26)/t12-/m0/s1. The highest BCUT2D eigenvalue weighted by atomic mass is 32.1. The topological polar surface area (TPSA) is 109 Å². The SMILES string of the molecule is O=C([C@H]1CCc2c(sc3ncnc(Nc4cc5cn[nH]c5cn4)c23)C1)N1CCOCC1. The maximum absolute atomic E-state index is 13.0. The highest BCUT2D eigenvalue weighted by molar-refractivity contribution is 7.19. The summed E-state index contributed by atoms with van der Waals surface area (Å²) in [5, 5.41) is 12.4. The van der Waals surface area contributed by atoms with Gasteiger partial charge in [0.1, 0.15) is 22.8 Å². The van der Waals surface area contributed by atoms with E-state index in [4.69, 9.17) is 4.74 Å². The van der Waals surface area contributed by atoms with Crippen LogP contribution in [0, 0.1) is 5.92 Å². The van der Waals surface area contributed by atoms with Crippen LogP contribution in [0.25, 0.3) is 21.1 Å². The first-order valence-corrected chi connectivity index (χ1v) is 11.3. The molecule has 31 heavy (non-hydrogen) atoms. The fourth-order valence-corrected chi connectivity index (χ4v) is 5.76. The summed E-state index contributed by atoms with van der Waals surface area (Å²) in [6.45, 7) is 2.66. The molecule has 2 aliphatic rings. The number of aromatic nitrogens is 5. The predicted molar refractivity (Wildman–Crippen MR) is 118 cm³/mol. The number of morpholine rings is 1. The highest BCUT2D eigenvalue weighted by Gasteiger charge is 2.32. The number of aromatic amines is 1. The molecule has 0 saturated carbocycles. The number of nitrogens with one attached hydrogen (secondary N) is 2. The largest absolute Gasteiger partial charge is 0.378 e.